The van der Waals surface area contributed by atoms with Gasteiger partial charge in [0, 0.05) is 44.7 Å². The minimum absolute atomic E-state index is 0.0578. The van der Waals surface area contributed by atoms with Crippen LogP contribution in [0.5, 0.6) is 11.5 Å². The van der Waals surface area contributed by atoms with E-state index in [4.69, 9.17) is 4.74 Å². The van der Waals surface area contributed by atoms with Crippen LogP contribution in [0, 0.1) is 12.7 Å². The van der Waals surface area contributed by atoms with Crippen molar-refractivity contribution < 1.29 is 23.8 Å². The third-order valence-electron chi connectivity index (χ3n) is 6.05. The van der Waals surface area contributed by atoms with Gasteiger partial charge in [0.15, 0.2) is 11.6 Å². The SMILES string of the molecule is CC.Cc1c(C(=O)Nc2ccc(Oc3ccnc(NC(=O)N(C)CC(C)O)c3)c(F)c2)c(=O)n(-c2ccccc2)n1C. The van der Waals surface area contributed by atoms with E-state index in [1.54, 1.807) is 49.8 Å². The average Bonchev–Trinajstić information content (AvgIpc) is 3.18. The van der Waals surface area contributed by atoms with E-state index in [1.165, 1.54) is 47.1 Å². The van der Waals surface area contributed by atoms with E-state index in [1.807, 2.05) is 19.9 Å². The molecule has 2 aromatic carbocycles. The number of hydrogen-bond acceptors (Lipinski definition) is 6. The lowest BCUT2D eigenvalue weighted by atomic mass is 10.2. The smallest absolute Gasteiger partial charge is 0.322 e. The number of amides is 3. The molecule has 2 heterocycles. The van der Waals surface area contributed by atoms with Crippen LogP contribution < -0.4 is 20.9 Å². The van der Waals surface area contributed by atoms with Crippen LogP contribution in [-0.4, -0.2) is 56.0 Å². The first-order valence-corrected chi connectivity index (χ1v) is 13.3. The van der Waals surface area contributed by atoms with E-state index in [-0.39, 0.29) is 35.1 Å². The van der Waals surface area contributed by atoms with Gasteiger partial charge in [-0.3, -0.25) is 19.6 Å². The fourth-order valence-electron chi connectivity index (χ4n) is 4.04. The molecular weight excluding hydrogens is 543 g/mol. The largest absolute Gasteiger partial charge is 0.454 e. The van der Waals surface area contributed by atoms with Gasteiger partial charge in [-0.25, -0.2) is 18.9 Å². The molecule has 1 unspecified atom stereocenters. The lowest BCUT2D eigenvalue weighted by Gasteiger charge is -2.19. The molecule has 0 aliphatic heterocycles. The van der Waals surface area contributed by atoms with Crippen LogP contribution in [0.1, 0.15) is 36.8 Å². The van der Waals surface area contributed by atoms with E-state index in [2.05, 4.69) is 15.6 Å². The summed E-state index contributed by atoms with van der Waals surface area (Å²) in [6, 6.07) is 15.2. The Bertz CT molecular complexity index is 1600. The van der Waals surface area contributed by atoms with Gasteiger partial charge < -0.3 is 20.1 Å². The van der Waals surface area contributed by atoms with Gasteiger partial charge in [-0.2, -0.15) is 0 Å². The van der Waals surface area contributed by atoms with Gasteiger partial charge in [0.25, 0.3) is 11.5 Å². The summed E-state index contributed by atoms with van der Waals surface area (Å²) in [6.07, 6.45) is 0.690. The van der Waals surface area contributed by atoms with Crippen molar-refractivity contribution in [1.29, 1.82) is 0 Å². The van der Waals surface area contributed by atoms with E-state index in [0.717, 1.165) is 6.07 Å². The summed E-state index contributed by atoms with van der Waals surface area (Å²) >= 11 is 0. The summed E-state index contributed by atoms with van der Waals surface area (Å²) in [5.74, 6) is -1.18. The number of aromatic nitrogens is 3. The third-order valence-corrected chi connectivity index (χ3v) is 6.05. The van der Waals surface area contributed by atoms with Crippen LogP contribution in [0.3, 0.4) is 0 Å². The van der Waals surface area contributed by atoms with Gasteiger partial charge in [0.05, 0.1) is 17.5 Å². The Labute approximate surface area is 243 Å². The molecule has 0 aliphatic carbocycles. The number of hydrogen-bond donors (Lipinski definition) is 3. The fraction of sp³-hybridized carbons (Fsp3) is 0.267. The molecule has 12 heteroatoms. The van der Waals surface area contributed by atoms with Gasteiger partial charge in [-0.05, 0) is 44.2 Å². The van der Waals surface area contributed by atoms with Crippen LogP contribution in [0.15, 0.2) is 71.7 Å². The zero-order chi connectivity index (χ0) is 31.0. The molecule has 0 spiro atoms. The van der Waals surface area contributed by atoms with Crippen LogP contribution in [-0.2, 0) is 7.05 Å². The molecule has 3 N–H and O–H groups in total. The first-order chi connectivity index (χ1) is 20.0. The van der Waals surface area contributed by atoms with Gasteiger partial charge in [-0.1, -0.05) is 32.0 Å². The minimum Gasteiger partial charge on any atom is -0.454 e. The first kappa shape index (κ1) is 31.6. The highest BCUT2D eigenvalue weighted by molar-refractivity contribution is 6.05. The molecule has 3 amide bonds. The number of benzene rings is 2. The second-order valence-electron chi connectivity index (χ2n) is 9.17. The summed E-state index contributed by atoms with van der Waals surface area (Å²) in [6.45, 7) is 7.35. The number of nitrogens with one attached hydrogen (secondary N) is 2. The van der Waals surface area contributed by atoms with Crippen molar-refractivity contribution in [2.45, 2.75) is 33.8 Å². The van der Waals surface area contributed by atoms with E-state index in [9.17, 15) is 23.9 Å². The van der Waals surface area contributed by atoms with Crippen molar-refractivity contribution in [3.63, 3.8) is 0 Å². The van der Waals surface area contributed by atoms with Crippen molar-refractivity contribution >= 4 is 23.4 Å². The molecule has 0 bridgehead atoms. The number of aliphatic hydroxyl groups excluding tert-OH is 1. The Kier molecular flexibility index (Phi) is 10.6. The standard InChI is InChI=1S/C28H29FN6O5.C2H6/c1-17(36)16-33(3)28(39)32-24-15-21(12-13-30-24)40-23-11-10-19(14-22(23)29)31-26(37)25-18(2)34(4)35(27(25)38)20-8-6-5-7-9-20;1-2/h5-15,17,36H,16H2,1-4H3,(H,31,37)(H,30,32,39);1-2H3. The number of likely N-dealkylation sites (N-methyl/N-ethyl adjacent to an activating group) is 1. The molecule has 4 aromatic rings. The molecule has 42 heavy (non-hydrogen) atoms. The van der Waals surface area contributed by atoms with Gasteiger partial charge in [0.2, 0.25) is 0 Å². The monoisotopic (exact) mass is 578 g/mol. The number of nitrogens with zero attached hydrogens (tertiary/aromatic N) is 4. The Morgan fingerprint density at radius 3 is 2.43 bits per heavy atom. The molecule has 222 valence electrons. The predicted octanol–water partition coefficient (Wildman–Crippen LogP) is 4.93. The Morgan fingerprint density at radius 2 is 1.79 bits per heavy atom. The molecule has 11 nitrogen and oxygen atoms in total. The van der Waals surface area contributed by atoms with Crippen LogP contribution in [0.2, 0.25) is 0 Å². The van der Waals surface area contributed by atoms with Crippen molar-refractivity contribution in [3.8, 4) is 17.2 Å². The minimum atomic E-state index is -0.761. The van der Waals surface area contributed by atoms with E-state index in [0.29, 0.717) is 11.4 Å². The number of urea groups is 1. The van der Waals surface area contributed by atoms with E-state index < -0.39 is 29.4 Å². The molecule has 4 rings (SSSR count). The maximum absolute atomic E-state index is 14.9. The van der Waals surface area contributed by atoms with E-state index >= 15 is 0 Å². The predicted molar refractivity (Wildman–Crippen MR) is 159 cm³/mol. The van der Waals surface area contributed by atoms with Crippen LogP contribution in [0.25, 0.3) is 5.69 Å². The molecule has 1 atom stereocenters. The van der Waals surface area contributed by atoms with Crippen molar-refractivity contribution in [3.05, 3.63) is 94.3 Å². The van der Waals surface area contributed by atoms with Crippen molar-refractivity contribution in [1.82, 2.24) is 19.2 Å². The molecule has 0 aliphatic rings. The zero-order valence-electron chi connectivity index (χ0n) is 24.4. The lowest BCUT2D eigenvalue weighted by molar-refractivity contribution is 0.102. The van der Waals surface area contributed by atoms with Crippen LogP contribution >= 0.6 is 0 Å². The zero-order valence-corrected chi connectivity index (χ0v) is 24.4. The summed E-state index contributed by atoms with van der Waals surface area (Å²) in [5, 5.41) is 14.6. The van der Waals surface area contributed by atoms with Gasteiger partial charge >= 0.3 is 6.03 Å². The molecular formula is C30H35FN6O5. The Hall–Kier alpha value is -4.97. The summed E-state index contributed by atoms with van der Waals surface area (Å²) in [4.78, 5) is 43.7. The maximum atomic E-state index is 14.9. The molecule has 0 saturated carbocycles. The second kappa shape index (κ2) is 14.1. The maximum Gasteiger partial charge on any atom is 0.322 e. The highest BCUT2D eigenvalue weighted by Crippen LogP contribution is 2.28. The number of ether oxygens (including phenoxy) is 1. The Balaban J connectivity index is 0.00000237. The second-order valence-corrected chi connectivity index (χ2v) is 9.17. The third kappa shape index (κ3) is 7.40. The first-order valence-electron chi connectivity index (χ1n) is 13.3. The summed E-state index contributed by atoms with van der Waals surface area (Å²) in [7, 11) is 3.20. The highest BCUT2D eigenvalue weighted by Gasteiger charge is 2.22. The lowest BCUT2D eigenvalue weighted by Crippen LogP contribution is -2.36. The normalized spacial score (nSPS) is 11.1. The molecule has 0 fully saturated rings. The van der Waals surface area contributed by atoms with Gasteiger partial charge in [0.1, 0.15) is 17.1 Å². The number of para-hydroxylation sites is 1. The summed E-state index contributed by atoms with van der Waals surface area (Å²) in [5.41, 5.74) is 0.631. The number of pyridine rings is 1. The Morgan fingerprint density at radius 1 is 1.10 bits per heavy atom. The molecule has 2 aromatic heterocycles. The number of rotatable bonds is 8. The van der Waals surface area contributed by atoms with Crippen LogP contribution in [0.4, 0.5) is 20.7 Å². The summed E-state index contributed by atoms with van der Waals surface area (Å²) < 4.78 is 23.5. The quantitative estimate of drug-likeness (QED) is 0.272. The highest BCUT2D eigenvalue weighted by atomic mass is 19.1. The number of halogens is 1. The number of carbonyl (C=O) groups excluding carboxylic acids is 2. The fourth-order valence-corrected chi connectivity index (χ4v) is 4.04. The van der Waals surface area contributed by atoms with Crippen molar-refractivity contribution in [2.75, 3.05) is 24.2 Å². The number of aliphatic hydroxyl groups is 1. The molecule has 0 saturated heterocycles. The van der Waals surface area contributed by atoms with Crippen molar-refractivity contribution in [2.24, 2.45) is 7.05 Å². The average molecular weight is 579 g/mol. The molecule has 0 radical (unpaired) electrons. The topological polar surface area (TPSA) is 131 Å². The number of carbonyl (C=O) groups is 2. The van der Waals surface area contributed by atoms with Gasteiger partial charge in [-0.15, -0.1) is 0 Å². The number of anilines is 2.